The highest BCUT2D eigenvalue weighted by molar-refractivity contribution is 8.14. The summed E-state index contributed by atoms with van der Waals surface area (Å²) in [4.78, 5) is 37.4. The molecule has 2 amide bonds. The summed E-state index contributed by atoms with van der Waals surface area (Å²) in [6, 6.07) is 10.8. The fourth-order valence-electron chi connectivity index (χ4n) is 5.80. The first-order valence-electron chi connectivity index (χ1n) is 14.7. The summed E-state index contributed by atoms with van der Waals surface area (Å²) in [5.41, 5.74) is 6.08. The van der Waals surface area contributed by atoms with E-state index in [2.05, 4.69) is 66.7 Å². The summed E-state index contributed by atoms with van der Waals surface area (Å²) in [6.07, 6.45) is 6.14. The van der Waals surface area contributed by atoms with E-state index in [1.165, 1.54) is 39.5 Å². The number of anilines is 3. The zero-order valence-electron chi connectivity index (χ0n) is 25.0. The smallest absolute Gasteiger partial charge is 0.241 e. The second-order valence-corrected chi connectivity index (χ2v) is 15.0. The molecule has 0 fully saturated rings. The van der Waals surface area contributed by atoms with Crippen molar-refractivity contribution in [1.29, 1.82) is 0 Å². The molecule has 3 N–H and O–H groups in total. The zero-order chi connectivity index (χ0) is 31.1. The van der Waals surface area contributed by atoms with E-state index in [1.807, 2.05) is 17.0 Å². The predicted molar refractivity (Wildman–Crippen MR) is 179 cm³/mol. The molecule has 0 spiro atoms. The Morgan fingerprint density at radius 2 is 1.69 bits per heavy atom. The Hall–Kier alpha value is -3.95. The highest BCUT2D eigenvalue weighted by atomic mass is 32.2. The molecule has 12 nitrogen and oxygen atoms in total. The largest absolute Gasteiger partial charge is 0.310 e. The van der Waals surface area contributed by atoms with Crippen LogP contribution < -0.4 is 21.0 Å². The van der Waals surface area contributed by atoms with Gasteiger partial charge in [0.2, 0.25) is 17.8 Å². The molecule has 4 aromatic rings. The average Bonchev–Trinajstić information content (AvgIpc) is 3.74. The van der Waals surface area contributed by atoms with Crippen LogP contribution in [0.25, 0.3) is 5.00 Å². The maximum absolute atomic E-state index is 12.8. The SMILES string of the molecule is CC(C)(C)[C@@H]1CCc2c(sc3c2C2NN=C(SCC(=O)Nc4ccccn4)N2c2nnc(SCC(=O)Nc4ccccn4)n2-3)C1. The van der Waals surface area contributed by atoms with Crippen LogP contribution in [-0.2, 0) is 22.4 Å². The molecule has 0 saturated heterocycles. The molecule has 2 aliphatic heterocycles. The number of hydrazone groups is 1. The first-order chi connectivity index (χ1) is 21.8. The van der Waals surface area contributed by atoms with Gasteiger partial charge in [-0.2, -0.15) is 5.10 Å². The zero-order valence-corrected chi connectivity index (χ0v) is 27.4. The van der Waals surface area contributed by atoms with Crippen LogP contribution in [0.15, 0.2) is 59.0 Å². The number of thioether (sulfide) groups is 2. The van der Waals surface area contributed by atoms with Gasteiger partial charge in [0.25, 0.3) is 0 Å². The monoisotopic (exact) mass is 660 g/mol. The second-order valence-electron chi connectivity index (χ2n) is 12.0. The van der Waals surface area contributed by atoms with Gasteiger partial charge in [0.1, 0.15) is 16.6 Å². The van der Waals surface area contributed by atoms with E-state index in [1.54, 1.807) is 48.0 Å². The third-order valence-corrected chi connectivity index (χ3v) is 11.2. The van der Waals surface area contributed by atoms with E-state index in [4.69, 9.17) is 0 Å². The van der Waals surface area contributed by atoms with Gasteiger partial charge in [-0.25, -0.2) is 14.5 Å². The number of hydrogen-bond acceptors (Lipinski definition) is 12. The van der Waals surface area contributed by atoms with Crippen LogP contribution in [0.4, 0.5) is 17.6 Å². The molecule has 6 heterocycles. The Morgan fingerprint density at radius 3 is 2.33 bits per heavy atom. The molecule has 45 heavy (non-hydrogen) atoms. The van der Waals surface area contributed by atoms with Gasteiger partial charge in [-0.05, 0) is 60.4 Å². The molecule has 1 aliphatic carbocycles. The second kappa shape index (κ2) is 12.1. The van der Waals surface area contributed by atoms with Crippen LogP contribution in [0.2, 0.25) is 0 Å². The normalized spacial score (nSPS) is 18.2. The minimum Gasteiger partial charge on any atom is -0.310 e. The molecule has 7 rings (SSSR count). The third kappa shape index (κ3) is 5.91. The third-order valence-electron chi connectivity index (χ3n) is 8.10. The molecular formula is C30H32N10O2S3. The Balaban J connectivity index is 1.17. The van der Waals surface area contributed by atoms with Crippen molar-refractivity contribution in [3.05, 3.63) is 64.8 Å². The van der Waals surface area contributed by atoms with Crippen LogP contribution in [0, 0.1) is 11.3 Å². The van der Waals surface area contributed by atoms with E-state index >= 15 is 0 Å². The lowest BCUT2D eigenvalue weighted by Crippen LogP contribution is -2.38. The Labute approximate surface area is 272 Å². The molecule has 3 aliphatic rings. The molecule has 2 atom stereocenters. The van der Waals surface area contributed by atoms with Crippen molar-refractivity contribution in [2.45, 2.75) is 51.4 Å². The van der Waals surface area contributed by atoms with Crippen molar-refractivity contribution < 1.29 is 9.59 Å². The van der Waals surface area contributed by atoms with Crippen molar-refractivity contribution >= 4 is 69.4 Å². The summed E-state index contributed by atoms with van der Waals surface area (Å²) in [6.45, 7) is 6.96. The Bertz CT molecular complexity index is 1770. The van der Waals surface area contributed by atoms with E-state index in [9.17, 15) is 9.59 Å². The Kier molecular flexibility index (Phi) is 8.00. The van der Waals surface area contributed by atoms with Crippen LogP contribution in [0.3, 0.4) is 0 Å². The number of hydrogen-bond donors (Lipinski definition) is 3. The summed E-state index contributed by atoms with van der Waals surface area (Å²) in [5, 5.41) is 21.8. The molecule has 0 saturated carbocycles. The van der Waals surface area contributed by atoms with Gasteiger partial charge in [0, 0.05) is 22.8 Å². The number of pyridine rings is 2. The summed E-state index contributed by atoms with van der Waals surface area (Å²) in [7, 11) is 0. The van der Waals surface area contributed by atoms with Crippen LogP contribution in [0.5, 0.6) is 0 Å². The lowest BCUT2D eigenvalue weighted by atomic mass is 9.72. The lowest BCUT2D eigenvalue weighted by Gasteiger charge is -2.35. The number of amidine groups is 1. The summed E-state index contributed by atoms with van der Waals surface area (Å²) < 4.78 is 2.05. The number of carbonyl (C=O) groups is 2. The molecule has 232 valence electrons. The van der Waals surface area contributed by atoms with Gasteiger partial charge in [-0.15, -0.1) is 21.5 Å². The van der Waals surface area contributed by atoms with E-state index in [0.29, 0.717) is 33.8 Å². The molecule has 15 heteroatoms. The van der Waals surface area contributed by atoms with Gasteiger partial charge < -0.3 is 10.6 Å². The fourth-order valence-corrected chi connectivity index (χ4v) is 8.82. The standard InChI is InChI=1S/C30H32N10O2S3/c1-30(2,3)17-10-11-18-19(14-17)45-26-24(18)25-35-37-28(43-15-22(41)33-20-8-4-6-12-31-20)39(25)27-36-38-29(40(26)27)44-16-23(42)34-21-9-5-7-13-32-21/h4-9,12-13,17,25,35H,10-11,14-16H2,1-3H3,(H,31,33,41)(H,32,34,42)/t17-,25?/m1/s1. The van der Waals surface area contributed by atoms with Crippen LogP contribution in [0.1, 0.15) is 49.4 Å². The first kappa shape index (κ1) is 29.7. The van der Waals surface area contributed by atoms with Crippen molar-refractivity contribution in [3.8, 4) is 5.00 Å². The van der Waals surface area contributed by atoms with Crippen molar-refractivity contribution in [3.63, 3.8) is 0 Å². The molecular weight excluding hydrogens is 629 g/mol. The average molecular weight is 661 g/mol. The summed E-state index contributed by atoms with van der Waals surface area (Å²) in [5.74, 6) is 2.13. The number of nitrogens with zero attached hydrogens (tertiary/aromatic N) is 7. The minimum absolute atomic E-state index is 0.144. The van der Waals surface area contributed by atoms with Crippen LogP contribution in [-0.4, -0.2) is 53.2 Å². The van der Waals surface area contributed by atoms with Crippen molar-refractivity contribution in [1.82, 2.24) is 30.2 Å². The first-order valence-corrected chi connectivity index (χ1v) is 17.4. The lowest BCUT2D eigenvalue weighted by molar-refractivity contribution is -0.114. The van der Waals surface area contributed by atoms with Crippen molar-refractivity contribution in [2.75, 3.05) is 27.0 Å². The number of carbonyl (C=O) groups excluding carboxylic acids is 2. The minimum atomic E-state index is -0.255. The van der Waals surface area contributed by atoms with Gasteiger partial charge in [0.05, 0.1) is 11.5 Å². The number of thiophene rings is 1. The number of amides is 2. The molecule has 0 radical (unpaired) electrons. The van der Waals surface area contributed by atoms with Gasteiger partial charge >= 0.3 is 0 Å². The molecule has 1 unspecified atom stereocenters. The quantitative estimate of drug-likeness (QED) is 0.230. The van der Waals surface area contributed by atoms with E-state index < -0.39 is 0 Å². The van der Waals surface area contributed by atoms with Gasteiger partial charge in [-0.3, -0.25) is 19.9 Å². The van der Waals surface area contributed by atoms with Crippen molar-refractivity contribution in [2.24, 2.45) is 16.4 Å². The highest BCUT2D eigenvalue weighted by Crippen LogP contribution is 2.51. The number of fused-ring (bicyclic) bond motifs is 8. The summed E-state index contributed by atoms with van der Waals surface area (Å²) >= 11 is 4.44. The number of nitrogens with one attached hydrogen (secondary N) is 3. The number of aromatic nitrogens is 5. The van der Waals surface area contributed by atoms with Crippen LogP contribution >= 0.6 is 34.9 Å². The van der Waals surface area contributed by atoms with Gasteiger partial charge in [-0.1, -0.05) is 56.4 Å². The topological polar surface area (TPSA) is 142 Å². The van der Waals surface area contributed by atoms with E-state index in [0.717, 1.165) is 24.3 Å². The maximum atomic E-state index is 12.8. The molecule has 4 aromatic heterocycles. The van der Waals surface area contributed by atoms with E-state index in [-0.39, 0.29) is 34.9 Å². The highest BCUT2D eigenvalue weighted by Gasteiger charge is 2.45. The molecule has 0 bridgehead atoms. The maximum Gasteiger partial charge on any atom is 0.241 e. The Morgan fingerprint density at radius 1 is 1.00 bits per heavy atom. The predicted octanol–water partition coefficient (Wildman–Crippen LogP) is 5.07. The van der Waals surface area contributed by atoms with Gasteiger partial charge in [0.15, 0.2) is 16.5 Å². The molecule has 0 aromatic carbocycles. The fraction of sp³-hybridized carbons (Fsp3) is 0.367. The number of rotatable bonds is 7.